The summed E-state index contributed by atoms with van der Waals surface area (Å²) in [5, 5.41) is 21.6. The van der Waals surface area contributed by atoms with Crippen LogP contribution in [0.5, 0.6) is 0 Å². The molecule has 47 heavy (non-hydrogen) atoms. The molecule has 5 aromatic rings. The number of carboxylic acid groups (broad SMARTS) is 1. The van der Waals surface area contributed by atoms with Crippen LogP contribution >= 0.6 is 23.2 Å². The van der Waals surface area contributed by atoms with Gasteiger partial charge in [0.2, 0.25) is 9.84 Å². The summed E-state index contributed by atoms with van der Waals surface area (Å²) in [6.45, 7) is 3.35. The Kier molecular flexibility index (Phi) is 11.2. The molecule has 0 amide bonds. The number of nitrogens with zero attached hydrogens (tertiary/aromatic N) is 1. The van der Waals surface area contributed by atoms with Crippen molar-refractivity contribution in [2.45, 2.75) is 42.2 Å². The van der Waals surface area contributed by atoms with Crippen molar-refractivity contribution in [2.24, 2.45) is 0 Å². The van der Waals surface area contributed by atoms with Gasteiger partial charge in [-0.25, -0.2) is 13.2 Å². The number of aryl methyl sites for hydroxylation is 1. The Hall–Kier alpha value is -3.98. The molecule has 0 saturated carbocycles. The number of aliphatic hydroxyl groups excluding tert-OH is 1. The topological polar surface area (TPSA) is 94.9 Å². The smallest absolute Gasteiger partial charge is 0.337 e. The Morgan fingerprint density at radius 1 is 0.830 bits per heavy atom. The van der Waals surface area contributed by atoms with Crippen LogP contribution in [0, 0.1) is 0 Å². The van der Waals surface area contributed by atoms with Crippen molar-refractivity contribution in [3.63, 3.8) is 0 Å². The number of carbonyl (C=O) groups is 1. The second-order valence-electron chi connectivity index (χ2n) is 11.3. The molecule has 0 bridgehead atoms. The van der Waals surface area contributed by atoms with Crippen molar-refractivity contribution in [1.29, 1.82) is 0 Å². The van der Waals surface area contributed by atoms with Gasteiger partial charge in [-0.15, -0.1) is 0 Å². The van der Waals surface area contributed by atoms with E-state index in [1.165, 1.54) is 12.1 Å². The van der Waals surface area contributed by atoms with Crippen molar-refractivity contribution >= 4 is 39.0 Å². The van der Waals surface area contributed by atoms with Crippen molar-refractivity contribution in [2.75, 3.05) is 13.1 Å². The molecule has 9 heteroatoms. The lowest BCUT2D eigenvalue weighted by atomic mass is 9.97. The zero-order valence-electron chi connectivity index (χ0n) is 25.8. The number of carboxylic acids is 1. The molecule has 0 saturated heterocycles. The van der Waals surface area contributed by atoms with Crippen LogP contribution in [0.1, 0.15) is 45.6 Å². The summed E-state index contributed by atoms with van der Waals surface area (Å²) in [4.78, 5) is 14.1. The van der Waals surface area contributed by atoms with Gasteiger partial charge in [0.1, 0.15) is 4.90 Å². The number of sulfone groups is 1. The highest BCUT2D eigenvalue weighted by Crippen LogP contribution is 2.40. The normalized spacial score (nSPS) is 12.3. The van der Waals surface area contributed by atoms with Gasteiger partial charge in [0.05, 0.1) is 21.6 Å². The summed E-state index contributed by atoms with van der Waals surface area (Å²) in [6, 6.07) is 34.3. The van der Waals surface area contributed by atoms with E-state index in [4.69, 9.17) is 23.2 Å². The van der Waals surface area contributed by atoms with E-state index in [1.807, 2.05) is 60.7 Å². The van der Waals surface area contributed by atoms with Gasteiger partial charge in [-0.2, -0.15) is 0 Å². The molecule has 6 nitrogen and oxygen atoms in total. The first-order valence-corrected chi connectivity index (χ1v) is 17.5. The highest BCUT2D eigenvalue weighted by molar-refractivity contribution is 7.91. The maximum absolute atomic E-state index is 14.1. The van der Waals surface area contributed by atoms with E-state index in [2.05, 4.69) is 4.90 Å². The second kappa shape index (κ2) is 15.3. The summed E-state index contributed by atoms with van der Waals surface area (Å²) in [5.74, 6) is -1.35. The van der Waals surface area contributed by atoms with Crippen LogP contribution in [0.15, 0.2) is 125 Å². The summed E-state index contributed by atoms with van der Waals surface area (Å²) in [6.07, 6.45) is 0.142. The lowest BCUT2D eigenvalue weighted by Crippen LogP contribution is -2.30. The molecule has 0 aromatic heterocycles. The van der Waals surface area contributed by atoms with Crippen LogP contribution in [0.2, 0.25) is 10.0 Å². The number of aromatic carboxylic acids is 1. The first kappa shape index (κ1) is 34.4. The zero-order chi connectivity index (χ0) is 33.6. The Bertz CT molecular complexity index is 1950. The van der Waals surface area contributed by atoms with Crippen LogP contribution in [-0.4, -0.2) is 42.6 Å². The Morgan fingerprint density at radius 2 is 1.49 bits per heavy atom. The number of aliphatic hydroxyl groups is 1. The number of rotatable bonds is 13. The summed E-state index contributed by atoms with van der Waals surface area (Å²) >= 11 is 12.9. The molecule has 0 heterocycles. The minimum absolute atomic E-state index is 0.0459. The standard InChI is InChI=1S/C38H35Cl2NO5S/c1-2-28-23-33(29-12-7-4-8-13-29)36(40)37(35(28)38(43)44)47(45,46)32-18-16-26(17-19-32)20-21-41(24-27-10-5-3-6-11-27)25-34(42)30-14-9-15-31(39)22-30/h3-19,22-23,34,42H,2,20-21,24-25H2,1H3,(H,43,44)/t34-/m0/s1. The first-order valence-electron chi connectivity index (χ1n) is 15.3. The second-order valence-corrected chi connectivity index (χ2v) is 14.0. The minimum atomic E-state index is -4.31. The van der Waals surface area contributed by atoms with Gasteiger partial charge in [0.25, 0.3) is 0 Å². The largest absolute Gasteiger partial charge is 0.478 e. The molecule has 2 N–H and O–H groups in total. The van der Waals surface area contributed by atoms with E-state index in [0.717, 1.165) is 16.7 Å². The number of halogens is 2. The predicted molar refractivity (Wildman–Crippen MR) is 187 cm³/mol. The van der Waals surface area contributed by atoms with E-state index >= 15 is 0 Å². The molecule has 0 aliphatic rings. The van der Waals surface area contributed by atoms with E-state index < -0.39 is 26.8 Å². The highest BCUT2D eigenvalue weighted by Gasteiger charge is 2.32. The van der Waals surface area contributed by atoms with Gasteiger partial charge in [-0.3, -0.25) is 4.90 Å². The molecule has 0 spiro atoms. The van der Waals surface area contributed by atoms with Crippen molar-refractivity contribution in [3.8, 4) is 11.1 Å². The molecule has 1 atom stereocenters. The Labute approximate surface area is 285 Å². The van der Waals surface area contributed by atoms with Gasteiger partial charge in [0.15, 0.2) is 0 Å². The van der Waals surface area contributed by atoms with Crippen LogP contribution in [0.3, 0.4) is 0 Å². The maximum Gasteiger partial charge on any atom is 0.337 e. The van der Waals surface area contributed by atoms with Gasteiger partial charge >= 0.3 is 5.97 Å². The number of hydrogen-bond acceptors (Lipinski definition) is 5. The van der Waals surface area contributed by atoms with E-state index in [0.29, 0.717) is 54.2 Å². The minimum Gasteiger partial charge on any atom is -0.478 e. The molecule has 0 radical (unpaired) electrons. The zero-order valence-corrected chi connectivity index (χ0v) is 28.1. The summed E-state index contributed by atoms with van der Waals surface area (Å²) in [7, 11) is -4.31. The summed E-state index contributed by atoms with van der Waals surface area (Å²) in [5.41, 5.74) is 3.94. The van der Waals surface area contributed by atoms with Crippen LogP contribution < -0.4 is 0 Å². The number of hydrogen-bond donors (Lipinski definition) is 2. The van der Waals surface area contributed by atoms with Gasteiger partial charge in [-0.1, -0.05) is 115 Å². The van der Waals surface area contributed by atoms with Crippen LogP contribution in [0.25, 0.3) is 11.1 Å². The van der Waals surface area contributed by atoms with Crippen LogP contribution in [0.4, 0.5) is 0 Å². The third kappa shape index (κ3) is 8.12. The molecule has 242 valence electrons. The molecular formula is C38H35Cl2NO5S. The van der Waals surface area contributed by atoms with Gasteiger partial charge < -0.3 is 10.2 Å². The van der Waals surface area contributed by atoms with E-state index in [-0.39, 0.29) is 15.5 Å². The monoisotopic (exact) mass is 687 g/mol. The Balaban J connectivity index is 1.41. The quantitative estimate of drug-likeness (QED) is 0.129. The predicted octanol–water partition coefficient (Wildman–Crippen LogP) is 8.53. The van der Waals surface area contributed by atoms with Crippen molar-refractivity contribution < 1.29 is 23.4 Å². The number of benzene rings is 5. The fourth-order valence-electron chi connectivity index (χ4n) is 5.66. The van der Waals surface area contributed by atoms with E-state index in [1.54, 1.807) is 49.4 Å². The Morgan fingerprint density at radius 3 is 2.11 bits per heavy atom. The third-order valence-electron chi connectivity index (χ3n) is 8.11. The molecule has 5 rings (SSSR count). The third-order valence-corrected chi connectivity index (χ3v) is 10.7. The molecule has 0 aliphatic heterocycles. The fraction of sp³-hybridized carbons (Fsp3) is 0.184. The first-order chi connectivity index (χ1) is 22.6. The molecule has 0 aliphatic carbocycles. The lowest BCUT2D eigenvalue weighted by molar-refractivity contribution is 0.0691. The molecular weight excluding hydrogens is 653 g/mol. The summed E-state index contributed by atoms with van der Waals surface area (Å²) < 4.78 is 28.2. The SMILES string of the molecule is CCc1cc(-c2ccccc2)c(Cl)c(S(=O)(=O)c2ccc(CCN(Cc3ccccc3)C[C@H](O)c3cccc(Cl)c3)cc2)c1C(=O)O. The fourth-order valence-corrected chi connectivity index (χ4v) is 7.99. The molecule has 0 fully saturated rings. The highest BCUT2D eigenvalue weighted by atomic mass is 35.5. The van der Waals surface area contributed by atoms with Gasteiger partial charge in [-0.05, 0) is 71.0 Å². The van der Waals surface area contributed by atoms with Gasteiger partial charge in [0, 0.05) is 30.2 Å². The molecule has 5 aromatic carbocycles. The average molecular weight is 689 g/mol. The molecule has 0 unspecified atom stereocenters. The van der Waals surface area contributed by atoms with E-state index in [9.17, 15) is 23.4 Å². The lowest BCUT2D eigenvalue weighted by Gasteiger charge is -2.25. The maximum atomic E-state index is 14.1. The van der Waals surface area contributed by atoms with Crippen molar-refractivity contribution in [3.05, 3.63) is 153 Å². The average Bonchev–Trinajstić information content (AvgIpc) is 3.07. The van der Waals surface area contributed by atoms with Crippen LogP contribution in [-0.2, 0) is 29.2 Å². The van der Waals surface area contributed by atoms with Crippen molar-refractivity contribution in [1.82, 2.24) is 4.90 Å².